The molecule has 1 saturated carbocycles. The summed E-state index contributed by atoms with van der Waals surface area (Å²) in [6.07, 6.45) is 7.39. The van der Waals surface area contributed by atoms with E-state index in [9.17, 15) is 0 Å². The highest BCUT2D eigenvalue weighted by Gasteiger charge is 2.29. The highest BCUT2D eigenvalue weighted by Crippen LogP contribution is 2.21. The number of rotatable bonds is 1. The molecule has 2 N–H and O–H groups in total. The summed E-state index contributed by atoms with van der Waals surface area (Å²) >= 11 is 0. The molecule has 1 aliphatic heterocycles. The molecule has 88 valence electrons. The summed E-state index contributed by atoms with van der Waals surface area (Å²) in [5.74, 6) is 0.990. The summed E-state index contributed by atoms with van der Waals surface area (Å²) in [5.41, 5.74) is 0. The summed E-state index contributed by atoms with van der Waals surface area (Å²) in [7, 11) is 2.35. The van der Waals surface area contributed by atoms with E-state index in [1.165, 1.54) is 58.3 Å². The van der Waals surface area contributed by atoms with E-state index in [0.717, 1.165) is 12.0 Å². The molecular formula is C13H28N2+2. The van der Waals surface area contributed by atoms with Crippen LogP contribution in [0.4, 0.5) is 0 Å². The van der Waals surface area contributed by atoms with Gasteiger partial charge in [0.25, 0.3) is 0 Å². The fourth-order valence-electron chi connectivity index (χ4n) is 3.45. The molecule has 2 heteroatoms. The molecule has 0 amide bonds. The third-order valence-corrected chi connectivity index (χ3v) is 4.49. The molecule has 0 radical (unpaired) electrons. The lowest BCUT2D eigenvalue weighted by Crippen LogP contribution is -3.19. The van der Waals surface area contributed by atoms with Crippen LogP contribution in [0.3, 0.4) is 0 Å². The summed E-state index contributed by atoms with van der Waals surface area (Å²) in [6, 6.07) is 1.000. The second-order valence-electron chi connectivity index (χ2n) is 5.94. The number of quaternary nitrogens is 2. The smallest absolute Gasteiger partial charge is 0.127 e. The van der Waals surface area contributed by atoms with Crippen molar-refractivity contribution in [2.75, 3.05) is 33.2 Å². The maximum atomic E-state index is 2.45. The zero-order valence-electron chi connectivity index (χ0n) is 10.5. The van der Waals surface area contributed by atoms with Gasteiger partial charge in [-0.3, -0.25) is 0 Å². The van der Waals surface area contributed by atoms with Crippen LogP contribution in [0.25, 0.3) is 0 Å². The normalized spacial score (nSPS) is 43.6. The van der Waals surface area contributed by atoms with E-state index < -0.39 is 0 Å². The zero-order valence-corrected chi connectivity index (χ0v) is 10.5. The minimum atomic E-state index is 0.990. The first-order valence-electron chi connectivity index (χ1n) is 6.91. The highest BCUT2D eigenvalue weighted by atomic mass is 15.2. The molecule has 15 heavy (non-hydrogen) atoms. The lowest BCUT2D eigenvalue weighted by Gasteiger charge is -2.32. The summed E-state index contributed by atoms with van der Waals surface area (Å²) in [5, 5.41) is 0. The van der Waals surface area contributed by atoms with Crippen molar-refractivity contribution in [1.82, 2.24) is 0 Å². The van der Waals surface area contributed by atoms with Crippen molar-refractivity contribution in [3.05, 3.63) is 0 Å². The fraction of sp³-hybridized carbons (Fsp3) is 1.00. The van der Waals surface area contributed by atoms with Crippen LogP contribution in [0.5, 0.6) is 0 Å². The molecule has 0 spiro atoms. The third kappa shape index (κ3) is 3.18. The second-order valence-corrected chi connectivity index (χ2v) is 5.94. The van der Waals surface area contributed by atoms with Gasteiger partial charge >= 0.3 is 0 Å². The molecule has 2 rings (SSSR count). The summed E-state index contributed by atoms with van der Waals surface area (Å²) in [6.45, 7) is 8.09. The van der Waals surface area contributed by atoms with Gasteiger partial charge in [0, 0.05) is 12.8 Å². The van der Waals surface area contributed by atoms with Gasteiger partial charge in [0.1, 0.15) is 13.1 Å². The predicted molar refractivity (Wildman–Crippen MR) is 63.4 cm³/mol. The van der Waals surface area contributed by atoms with Gasteiger partial charge in [-0.05, 0) is 18.8 Å². The average Bonchev–Trinajstić information content (AvgIpc) is 2.43. The van der Waals surface area contributed by atoms with E-state index in [1.54, 1.807) is 4.90 Å². The third-order valence-electron chi connectivity index (χ3n) is 4.49. The van der Waals surface area contributed by atoms with E-state index in [0.29, 0.717) is 0 Å². The van der Waals surface area contributed by atoms with Gasteiger partial charge in [0.05, 0.1) is 26.2 Å². The standard InChI is InChI=1S/C13H26N2/c1-12-5-3-6-13(11-12)15-8-4-7-14(2)9-10-15/h12-13H,3-11H2,1-2H3/p+2/t12-,13-/m0/s1. The topological polar surface area (TPSA) is 8.88 Å². The molecule has 0 aromatic rings. The fourth-order valence-corrected chi connectivity index (χ4v) is 3.45. The Labute approximate surface area is 94.6 Å². The Kier molecular flexibility index (Phi) is 4.04. The van der Waals surface area contributed by atoms with E-state index in [1.807, 2.05) is 4.90 Å². The van der Waals surface area contributed by atoms with Crippen LogP contribution in [-0.4, -0.2) is 39.3 Å². The van der Waals surface area contributed by atoms with Crippen molar-refractivity contribution in [3.8, 4) is 0 Å². The molecule has 0 bridgehead atoms. The van der Waals surface area contributed by atoms with Crippen molar-refractivity contribution in [1.29, 1.82) is 0 Å². The van der Waals surface area contributed by atoms with Gasteiger partial charge in [-0.15, -0.1) is 0 Å². The molecule has 2 fully saturated rings. The lowest BCUT2D eigenvalue weighted by atomic mass is 9.86. The molecule has 2 unspecified atom stereocenters. The number of hydrogen-bond acceptors (Lipinski definition) is 0. The Morgan fingerprint density at radius 1 is 0.933 bits per heavy atom. The summed E-state index contributed by atoms with van der Waals surface area (Å²) < 4.78 is 0. The van der Waals surface area contributed by atoms with Crippen LogP contribution < -0.4 is 9.80 Å². The van der Waals surface area contributed by atoms with Crippen LogP contribution in [0.2, 0.25) is 0 Å². The van der Waals surface area contributed by atoms with E-state index in [2.05, 4.69) is 14.0 Å². The molecule has 0 aromatic heterocycles. The molecule has 1 saturated heterocycles. The lowest BCUT2D eigenvalue weighted by molar-refractivity contribution is -0.948. The van der Waals surface area contributed by atoms with Crippen molar-refractivity contribution < 1.29 is 9.80 Å². The van der Waals surface area contributed by atoms with Gasteiger partial charge in [-0.2, -0.15) is 0 Å². The minimum absolute atomic E-state index is 0.990. The molecular weight excluding hydrogens is 184 g/mol. The zero-order chi connectivity index (χ0) is 10.7. The van der Waals surface area contributed by atoms with Crippen LogP contribution in [0.15, 0.2) is 0 Å². The molecule has 0 aromatic carbocycles. The first kappa shape index (κ1) is 11.4. The van der Waals surface area contributed by atoms with E-state index in [-0.39, 0.29) is 0 Å². The van der Waals surface area contributed by atoms with Crippen LogP contribution in [0, 0.1) is 5.92 Å². The maximum absolute atomic E-state index is 2.45. The van der Waals surface area contributed by atoms with Crippen molar-refractivity contribution >= 4 is 0 Å². The van der Waals surface area contributed by atoms with Crippen LogP contribution >= 0.6 is 0 Å². The van der Waals surface area contributed by atoms with E-state index in [4.69, 9.17) is 0 Å². The van der Waals surface area contributed by atoms with E-state index >= 15 is 0 Å². The quantitative estimate of drug-likeness (QED) is 0.573. The van der Waals surface area contributed by atoms with Crippen molar-refractivity contribution in [2.24, 2.45) is 5.92 Å². The predicted octanol–water partition coefficient (Wildman–Crippen LogP) is -0.632. The minimum Gasteiger partial charge on any atom is -0.333 e. The molecule has 2 nitrogen and oxygen atoms in total. The van der Waals surface area contributed by atoms with Crippen LogP contribution in [0.1, 0.15) is 39.0 Å². The first-order chi connectivity index (χ1) is 7.25. The maximum Gasteiger partial charge on any atom is 0.127 e. The largest absolute Gasteiger partial charge is 0.333 e. The van der Waals surface area contributed by atoms with Crippen molar-refractivity contribution in [2.45, 2.75) is 45.1 Å². The van der Waals surface area contributed by atoms with Crippen molar-refractivity contribution in [3.63, 3.8) is 0 Å². The molecule has 1 heterocycles. The molecule has 4 atom stereocenters. The second kappa shape index (κ2) is 5.31. The first-order valence-corrected chi connectivity index (χ1v) is 6.91. The van der Waals surface area contributed by atoms with Crippen LogP contribution in [-0.2, 0) is 0 Å². The number of nitrogens with one attached hydrogen (secondary N) is 2. The Morgan fingerprint density at radius 2 is 1.80 bits per heavy atom. The monoisotopic (exact) mass is 212 g/mol. The Bertz CT molecular complexity index is 193. The Balaban J connectivity index is 1.85. The summed E-state index contributed by atoms with van der Waals surface area (Å²) in [4.78, 5) is 3.67. The van der Waals surface area contributed by atoms with Gasteiger partial charge in [-0.1, -0.05) is 13.3 Å². The van der Waals surface area contributed by atoms with Gasteiger partial charge in [0.15, 0.2) is 0 Å². The van der Waals surface area contributed by atoms with Gasteiger partial charge < -0.3 is 9.80 Å². The van der Waals surface area contributed by atoms with Gasteiger partial charge in [-0.25, -0.2) is 0 Å². The highest BCUT2D eigenvalue weighted by molar-refractivity contribution is 4.69. The number of hydrogen-bond donors (Lipinski definition) is 2. The SMILES string of the molecule is C[C@H]1CCC[C@H]([NH+]2CCC[NH+](C)CC2)C1. The average molecular weight is 212 g/mol. The number of likely N-dealkylation sites (N-methyl/N-ethyl adjacent to an activating group) is 1. The molecule has 2 aliphatic rings. The Hall–Kier alpha value is -0.0800. The van der Waals surface area contributed by atoms with Gasteiger partial charge in [0.2, 0.25) is 0 Å². The Morgan fingerprint density at radius 3 is 2.60 bits per heavy atom. The molecule has 1 aliphatic carbocycles.